The average molecular weight is 378 g/mol. The number of nitrogens with zero attached hydrogens (tertiary/aromatic N) is 3. The number of carbonyl (C=O) groups is 1. The monoisotopic (exact) mass is 377 g/mol. The van der Waals surface area contributed by atoms with E-state index in [0.29, 0.717) is 0 Å². The molecule has 3 heterocycles. The normalized spacial score (nSPS) is 17.1. The molecule has 1 fully saturated rings. The Morgan fingerprint density at radius 1 is 1.15 bits per heavy atom. The number of piperidine rings is 1. The summed E-state index contributed by atoms with van der Waals surface area (Å²) in [6.07, 6.45) is 2.07. The fourth-order valence-corrected chi connectivity index (χ4v) is 4.52. The van der Waals surface area contributed by atoms with Gasteiger partial charge in [-0.25, -0.2) is 4.98 Å². The number of aryl methyl sites for hydroxylation is 2. The van der Waals surface area contributed by atoms with Gasteiger partial charge in [0, 0.05) is 30.4 Å². The summed E-state index contributed by atoms with van der Waals surface area (Å²) in [6, 6.07) is 14.7. The first kappa shape index (κ1) is 17.9. The number of benzene rings is 1. The van der Waals surface area contributed by atoms with Gasteiger partial charge in [-0.1, -0.05) is 30.3 Å². The molecule has 1 unspecified atom stereocenters. The van der Waals surface area contributed by atoms with E-state index >= 15 is 0 Å². The predicted molar refractivity (Wildman–Crippen MR) is 109 cm³/mol. The van der Waals surface area contributed by atoms with Crippen LogP contribution >= 0.6 is 11.3 Å². The fraction of sp³-hybridized carbons (Fsp3) is 0.318. The molecule has 138 valence electrons. The number of amides is 1. The highest BCUT2D eigenvalue weighted by Crippen LogP contribution is 2.30. The number of aromatic nitrogens is 2. The summed E-state index contributed by atoms with van der Waals surface area (Å²) in [5.41, 5.74) is 7.08. The van der Waals surface area contributed by atoms with E-state index in [2.05, 4.69) is 41.4 Å². The van der Waals surface area contributed by atoms with Crippen LogP contribution in [0.3, 0.4) is 0 Å². The topological polar surface area (TPSA) is 46.1 Å². The van der Waals surface area contributed by atoms with Crippen LogP contribution in [0.15, 0.2) is 48.0 Å². The molecule has 0 bridgehead atoms. The first-order valence-electron chi connectivity index (χ1n) is 9.35. The second-order valence-corrected chi connectivity index (χ2v) is 8.00. The zero-order valence-electron chi connectivity index (χ0n) is 15.7. The molecule has 0 N–H and O–H groups in total. The Morgan fingerprint density at radius 3 is 2.70 bits per heavy atom. The quantitative estimate of drug-likeness (QED) is 0.656. The van der Waals surface area contributed by atoms with E-state index in [1.807, 2.05) is 24.8 Å². The standard InChI is InChI=1S/C22H23N3OS/c1-15-11-19(17-7-4-3-5-8-17)12-20(24-15)18-9-6-10-25(13-18)22(26)21-16(2)23-14-27-21/h3-5,7-8,11-12,14,18H,6,9-10,13H2,1-2H3. The van der Waals surface area contributed by atoms with Crippen molar-refractivity contribution in [3.05, 3.63) is 69.9 Å². The zero-order chi connectivity index (χ0) is 18.8. The molecule has 0 spiro atoms. The first-order chi connectivity index (χ1) is 13.1. The Hall–Kier alpha value is -2.53. The molecule has 1 atom stereocenters. The first-order valence-corrected chi connectivity index (χ1v) is 10.2. The third-order valence-electron chi connectivity index (χ3n) is 5.15. The second kappa shape index (κ2) is 7.61. The SMILES string of the molecule is Cc1cc(-c2ccccc2)cc(C2CCCN(C(=O)c3scnc3C)C2)n1. The molecule has 0 aliphatic carbocycles. The van der Waals surface area contributed by atoms with Crippen LogP contribution in [0.25, 0.3) is 11.1 Å². The number of pyridine rings is 1. The summed E-state index contributed by atoms with van der Waals surface area (Å²) in [7, 11) is 0. The van der Waals surface area contributed by atoms with Crippen molar-refractivity contribution in [3.63, 3.8) is 0 Å². The molecule has 1 saturated heterocycles. The highest BCUT2D eigenvalue weighted by molar-refractivity contribution is 7.11. The van der Waals surface area contributed by atoms with Crippen molar-refractivity contribution >= 4 is 17.2 Å². The third-order valence-corrected chi connectivity index (χ3v) is 6.06. The summed E-state index contributed by atoms with van der Waals surface area (Å²) >= 11 is 1.43. The molecule has 2 aromatic heterocycles. The molecule has 4 nitrogen and oxygen atoms in total. The highest BCUT2D eigenvalue weighted by Gasteiger charge is 2.28. The van der Waals surface area contributed by atoms with Gasteiger partial charge < -0.3 is 4.90 Å². The lowest BCUT2D eigenvalue weighted by Gasteiger charge is -2.32. The molecule has 1 aromatic carbocycles. The summed E-state index contributed by atoms with van der Waals surface area (Å²) in [5.74, 6) is 0.383. The molecule has 0 saturated carbocycles. The number of rotatable bonds is 3. The molecule has 0 radical (unpaired) electrons. The van der Waals surface area contributed by atoms with Gasteiger partial charge in [0.1, 0.15) is 4.88 Å². The highest BCUT2D eigenvalue weighted by atomic mass is 32.1. The van der Waals surface area contributed by atoms with Crippen molar-refractivity contribution in [3.8, 4) is 11.1 Å². The Morgan fingerprint density at radius 2 is 1.96 bits per heavy atom. The summed E-state index contributed by atoms with van der Waals surface area (Å²) in [4.78, 5) is 24.7. The molecule has 1 amide bonds. The van der Waals surface area contributed by atoms with E-state index in [9.17, 15) is 4.79 Å². The molecule has 4 rings (SSSR count). The molecule has 27 heavy (non-hydrogen) atoms. The minimum Gasteiger partial charge on any atom is -0.337 e. The third kappa shape index (κ3) is 3.78. The molecule has 1 aliphatic heterocycles. The van der Waals surface area contributed by atoms with Gasteiger partial charge >= 0.3 is 0 Å². The van der Waals surface area contributed by atoms with Gasteiger partial charge in [-0.15, -0.1) is 11.3 Å². The Labute approximate surface area is 163 Å². The van der Waals surface area contributed by atoms with E-state index in [1.165, 1.54) is 22.5 Å². The fourth-order valence-electron chi connectivity index (χ4n) is 3.75. The van der Waals surface area contributed by atoms with Crippen LogP contribution in [0, 0.1) is 13.8 Å². The van der Waals surface area contributed by atoms with E-state index in [4.69, 9.17) is 4.98 Å². The van der Waals surface area contributed by atoms with Crippen molar-refractivity contribution in [1.29, 1.82) is 0 Å². The molecular weight excluding hydrogens is 354 g/mol. The lowest BCUT2D eigenvalue weighted by Crippen LogP contribution is -2.39. The average Bonchev–Trinajstić information content (AvgIpc) is 3.13. The van der Waals surface area contributed by atoms with Crippen molar-refractivity contribution < 1.29 is 4.79 Å². The maximum atomic E-state index is 12.9. The maximum absolute atomic E-state index is 12.9. The van der Waals surface area contributed by atoms with Gasteiger partial charge in [0.15, 0.2) is 0 Å². The van der Waals surface area contributed by atoms with E-state index < -0.39 is 0 Å². The lowest BCUT2D eigenvalue weighted by atomic mass is 9.92. The van der Waals surface area contributed by atoms with Crippen LogP contribution in [-0.2, 0) is 0 Å². The van der Waals surface area contributed by atoms with Gasteiger partial charge in [0.2, 0.25) is 0 Å². The number of likely N-dealkylation sites (tertiary alicyclic amines) is 1. The lowest BCUT2D eigenvalue weighted by molar-refractivity contribution is 0.0710. The van der Waals surface area contributed by atoms with Crippen molar-refractivity contribution in [2.24, 2.45) is 0 Å². The number of hydrogen-bond acceptors (Lipinski definition) is 4. The Kier molecular flexibility index (Phi) is 5.03. The molecule has 5 heteroatoms. The summed E-state index contributed by atoms with van der Waals surface area (Å²) < 4.78 is 0. The van der Waals surface area contributed by atoms with Crippen LogP contribution in [-0.4, -0.2) is 33.9 Å². The van der Waals surface area contributed by atoms with Gasteiger partial charge in [-0.3, -0.25) is 9.78 Å². The van der Waals surface area contributed by atoms with Crippen LogP contribution in [0.1, 0.15) is 45.5 Å². The minimum absolute atomic E-state index is 0.107. The van der Waals surface area contributed by atoms with Gasteiger partial charge in [0.25, 0.3) is 5.91 Å². The zero-order valence-corrected chi connectivity index (χ0v) is 16.5. The molecule has 3 aromatic rings. The smallest absolute Gasteiger partial charge is 0.265 e. The van der Waals surface area contributed by atoms with E-state index in [1.54, 1.807) is 5.51 Å². The predicted octanol–water partition coefficient (Wildman–Crippen LogP) is 4.84. The van der Waals surface area contributed by atoms with Crippen molar-refractivity contribution in [2.75, 3.05) is 13.1 Å². The van der Waals surface area contributed by atoms with Crippen LogP contribution in [0.5, 0.6) is 0 Å². The van der Waals surface area contributed by atoms with Crippen LogP contribution in [0.4, 0.5) is 0 Å². The molecular formula is C22H23N3OS. The van der Waals surface area contributed by atoms with Crippen molar-refractivity contribution in [1.82, 2.24) is 14.9 Å². The number of carbonyl (C=O) groups excluding carboxylic acids is 1. The van der Waals surface area contributed by atoms with E-state index in [-0.39, 0.29) is 11.8 Å². The Bertz CT molecular complexity index is 951. The molecule has 1 aliphatic rings. The van der Waals surface area contributed by atoms with Gasteiger partial charge in [0.05, 0.1) is 11.2 Å². The Balaban J connectivity index is 1.59. The summed E-state index contributed by atoms with van der Waals surface area (Å²) in [5, 5.41) is 0. The summed E-state index contributed by atoms with van der Waals surface area (Å²) in [6.45, 7) is 5.48. The number of hydrogen-bond donors (Lipinski definition) is 0. The number of thiazole rings is 1. The second-order valence-electron chi connectivity index (χ2n) is 7.15. The van der Waals surface area contributed by atoms with Crippen LogP contribution < -0.4 is 0 Å². The van der Waals surface area contributed by atoms with Gasteiger partial charge in [-0.05, 0) is 49.9 Å². The maximum Gasteiger partial charge on any atom is 0.265 e. The van der Waals surface area contributed by atoms with Gasteiger partial charge in [-0.2, -0.15) is 0 Å². The minimum atomic E-state index is 0.107. The van der Waals surface area contributed by atoms with Crippen LogP contribution in [0.2, 0.25) is 0 Å². The largest absolute Gasteiger partial charge is 0.337 e. The van der Waals surface area contributed by atoms with Crippen molar-refractivity contribution in [2.45, 2.75) is 32.6 Å². The van der Waals surface area contributed by atoms with E-state index in [0.717, 1.165) is 47.9 Å².